The van der Waals surface area contributed by atoms with Gasteiger partial charge >= 0.3 is 0 Å². The highest BCUT2D eigenvalue weighted by molar-refractivity contribution is 5.97. The molecule has 40 heavy (non-hydrogen) atoms. The molecule has 0 spiro atoms. The maximum atomic E-state index is 13.7. The van der Waals surface area contributed by atoms with Crippen molar-refractivity contribution in [3.05, 3.63) is 71.3 Å². The quantitative estimate of drug-likeness (QED) is 0.434. The summed E-state index contributed by atoms with van der Waals surface area (Å²) in [6.07, 6.45) is 5.50. The van der Waals surface area contributed by atoms with Gasteiger partial charge in [0, 0.05) is 37.8 Å². The zero-order valence-corrected chi connectivity index (χ0v) is 23.8. The van der Waals surface area contributed by atoms with E-state index in [1.165, 1.54) is 36.4 Å². The molecule has 1 aliphatic carbocycles. The van der Waals surface area contributed by atoms with Crippen LogP contribution in [0.4, 0.5) is 8.78 Å². The minimum Gasteiger partial charge on any atom is -0.354 e. The minimum absolute atomic E-state index is 0.0838. The number of halogens is 2. The van der Waals surface area contributed by atoms with Crippen LogP contribution in [0.25, 0.3) is 0 Å². The highest BCUT2D eigenvalue weighted by Crippen LogP contribution is 2.29. The summed E-state index contributed by atoms with van der Waals surface area (Å²) in [7, 11) is 0. The molecule has 4 rings (SSSR count). The van der Waals surface area contributed by atoms with Gasteiger partial charge in [-0.1, -0.05) is 26.0 Å². The standard InChI is InChI=1S/C32H44F2N4O2/c1-22(2)20-37(21-25-7-11-27(33)12-8-25)29-15-16-38(32(40)26-9-13-28(34)14-10-26)30(17-29)31(39)36-19-24-5-3-23(18-35)4-6-24/h7-14,22-24,29-30H,3-6,15-21,35H2,1-2H3,(H,36,39)/t23?,24?,29?,30-/m1/s1. The maximum Gasteiger partial charge on any atom is 0.254 e. The molecule has 2 aromatic rings. The third kappa shape index (κ3) is 8.10. The molecule has 1 unspecified atom stereocenters. The number of rotatable bonds is 10. The van der Waals surface area contributed by atoms with E-state index >= 15 is 0 Å². The zero-order valence-electron chi connectivity index (χ0n) is 23.8. The van der Waals surface area contributed by atoms with E-state index in [4.69, 9.17) is 5.73 Å². The van der Waals surface area contributed by atoms with Crippen LogP contribution in [-0.2, 0) is 11.3 Å². The summed E-state index contributed by atoms with van der Waals surface area (Å²) in [5.41, 5.74) is 7.23. The lowest BCUT2D eigenvalue weighted by Crippen LogP contribution is -2.58. The molecule has 1 heterocycles. The van der Waals surface area contributed by atoms with Crippen LogP contribution < -0.4 is 11.1 Å². The molecule has 0 bridgehead atoms. The first-order valence-corrected chi connectivity index (χ1v) is 14.8. The zero-order chi connectivity index (χ0) is 28.6. The van der Waals surface area contributed by atoms with Gasteiger partial charge in [-0.25, -0.2) is 8.78 Å². The van der Waals surface area contributed by atoms with E-state index in [0.29, 0.717) is 62.3 Å². The highest BCUT2D eigenvalue weighted by atomic mass is 19.1. The Balaban J connectivity index is 1.50. The number of benzene rings is 2. The molecule has 8 heteroatoms. The summed E-state index contributed by atoms with van der Waals surface area (Å²) >= 11 is 0. The number of carbonyl (C=O) groups excluding carboxylic acids is 2. The first-order valence-electron chi connectivity index (χ1n) is 14.8. The molecule has 2 aromatic carbocycles. The molecule has 2 aliphatic rings. The van der Waals surface area contributed by atoms with Crippen molar-refractivity contribution in [2.45, 2.75) is 71.0 Å². The lowest BCUT2D eigenvalue weighted by Gasteiger charge is -2.43. The van der Waals surface area contributed by atoms with Gasteiger partial charge in [0.05, 0.1) is 0 Å². The number of carbonyl (C=O) groups is 2. The third-order valence-electron chi connectivity index (χ3n) is 8.51. The van der Waals surface area contributed by atoms with Gasteiger partial charge < -0.3 is 16.0 Å². The normalized spacial score (nSPS) is 23.4. The summed E-state index contributed by atoms with van der Waals surface area (Å²) in [6, 6.07) is 11.5. The lowest BCUT2D eigenvalue weighted by atomic mass is 9.82. The highest BCUT2D eigenvalue weighted by Gasteiger charge is 2.39. The van der Waals surface area contributed by atoms with Gasteiger partial charge in [0.25, 0.3) is 5.91 Å². The summed E-state index contributed by atoms with van der Waals surface area (Å²) in [4.78, 5) is 31.3. The maximum absolute atomic E-state index is 13.7. The number of hydrogen-bond donors (Lipinski definition) is 2. The van der Waals surface area contributed by atoms with Crippen molar-refractivity contribution in [2.75, 3.05) is 26.2 Å². The number of hydrogen-bond acceptors (Lipinski definition) is 4. The number of nitrogens with one attached hydrogen (secondary N) is 1. The van der Waals surface area contributed by atoms with Crippen LogP contribution in [-0.4, -0.2) is 59.9 Å². The van der Waals surface area contributed by atoms with Crippen LogP contribution in [0.1, 0.15) is 68.3 Å². The van der Waals surface area contributed by atoms with Gasteiger partial charge in [-0.05, 0) is 105 Å². The molecule has 1 aliphatic heterocycles. The summed E-state index contributed by atoms with van der Waals surface area (Å²) in [5.74, 6) is 0.337. The first-order chi connectivity index (χ1) is 19.2. The topological polar surface area (TPSA) is 78.7 Å². The van der Waals surface area contributed by atoms with E-state index in [-0.39, 0.29) is 23.7 Å². The second-order valence-corrected chi connectivity index (χ2v) is 12.0. The predicted molar refractivity (Wildman–Crippen MR) is 153 cm³/mol. The summed E-state index contributed by atoms with van der Waals surface area (Å²) in [5, 5.41) is 3.17. The number of likely N-dealkylation sites (tertiary alicyclic amines) is 1. The SMILES string of the molecule is CC(C)CN(Cc1ccc(F)cc1)C1CCN(C(=O)c2ccc(F)cc2)[C@@H](C(=O)NCC2CCC(CN)CC2)C1. The predicted octanol–water partition coefficient (Wildman–Crippen LogP) is 4.98. The third-order valence-corrected chi connectivity index (χ3v) is 8.51. The van der Waals surface area contributed by atoms with Crippen molar-refractivity contribution in [1.82, 2.24) is 15.1 Å². The van der Waals surface area contributed by atoms with Crippen molar-refractivity contribution in [1.29, 1.82) is 0 Å². The fourth-order valence-electron chi connectivity index (χ4n) is 6.20. The van der Waals surface area contributed by atoms with E-state index < -0.39 is 11.9 Å². The number of nitrogens with two attached hydrogens (primary N) is 1. The molecular formula is C32H44F2N4O2. The van der Waals surface area contributed by atoms with Crippen LogP contribution in [0.15, 0.2) is 48.5 Å². The Morgan fingerprint density at radius 1 is 0.950 bits per heavy atom. The molecule has 6 nitrogen and oxygen atoms in total. The number of nitrogens with zero attached hydrogens (tertiary/aromatic N) is 2. The van der Waals surface area contributed by atoms with E-state index in [0.717, 1.165) is 37.8 Å². The van der Waals surface area contributed by atoms with Gasteiger partial charge in [0.2, 0.25) is 5.91 Å². The van der Waals surface area contributed by atoms with Crippen molar-refractivity contribution >= 4 is 11.8 Å². The average molecular weight is 555 g/mol. The molecule has 1 saturated carbocycles. The van der Waals surface area contributed by atoms with E-state index in [1.54, 1.807) is 17.0 Å². The molecule has 3 N–H and O–H groups in total. The van der Waals surface area contributed by atoms with Crippen molar-refractivity contribution in [3.63, 3.8) is 0 Å². The molecule has 0 radical (unpaired) electrons. The molecule has 1 saturated heterocycles. The lowest BCUT2D eigenvalue weighted by molar-refractivity contribution is -0.128. The van der Waals surface area contributed by atoms with Gasteiger partial charge in [-0.2, -0.15) is 0 Å². The second-order valence-electron chi connectivity index (χ2n) is 12.0. The van der Waals surface area contributed by atoms with E-state index in [9.17, 15) is 18.4 Å². The molecule has 2 atom stereocenters. The average Bonchev–Trinajstić information content (AvgIpc) is 2.96. The summed E-state index contributed by atoms with van der Waals surface area (Å²) in [6.45, 7) is 7.54. The van der Waals surface area contributed by atoms with Gasteiger partial charge in [0.1, 0.15) is 17.7 Å². The molecule has 2 fully saturated rings. The second kappa shape index (κ2) is 14.2. The Labute approximate surface area is 237 Å². The summed E-state index contributed by atoms with van der Waals surface area (Å²) < 4.78 is 27.1. The fraction of sp³-hybridized carbons (Fsp3) is 0.562. The van der Waals surface area contributed by atoms with Crippen molar-refractivity contribution in [2.24, 2.45) is 23.5 Å². The van der Waals surface area contributed by atoms with Crippen molar-refractivity contribution < 1.29 is 18.4 Å². The van der Waals surface area contributed by atoms with Gasteiger partial charge in [-0.15, -0.1) is 0 Å². The van der Waals surface area contributed by atoms with Gasteiger partial charge in [0.15, 0.2) is 0 Å². The largest absolute Gasteiger partial charge is 0.354 e. The Morgan fingerprint density at radius 3 is 2.15 bits per heavy atom. The van der Waals surface area contributed by atoms with Crippen LogP contribution in [0.5, 0.6) is 0 Å². The molecule has 218 valence electrons. The van der Waals surface area contributed by atoms with Crippen LogP contribution in [0, 0.1) is 29.4 Å². The number of piperidine rings is 1. The molecule has 2 amide bonds. The van der Waals surface area contributed by atoms with Crippen LogP contribution in [0.3, 0.4) is 0 Å². The Hall–Kier alpha value is -2.84. The van der Waals surface area contributed by atoms with Gasteiger partial charge in [-0.3, -0.25) is 14.5 Å². The Bertz CT molecular complexity index is 1100. The fourth-order valence-corrected chi connectivity index (χ4v) is 6.20. The molecule has 0 aromatic heterocycles. The monoisotopic (exact) mass is 554 g/mol. The number of amides is 2. The van der Waals surface area contributed by atoms with E-state index in [1.807, 2.05) is 0 Å². The van der Waals surface area contributed by atoms with E-state index in [2.05, 4.69) is 24.1 Å². The first kappa shape index (κ1) is 30.1. The Morgan fingerprint density at radius 2 is 1.55 bits per heavy atom. The molecular weight excluding hydrogens is 510 g/mol. The minimum atomic E-state index is -0.625. The smallest absolute Gasteiger partial charge is 0.254 e. The van der Waals surface area contributed by atoms with Crippen molar-refractivity contribution in [3.8, 4) is 0 Å². The van der Waals surface area contributed by atoms with Crippen LogP contribution >= 0.6 is 0 Å². The Kier molecular flexibility index (Phi) is 10.7. The van der Waals surface area contributed by atoms with Crippen LogP contribution in [0.2, 0.25) is 0 Å².